The van der Waals surface area contributed by atoms with Crippen molar-refractivity contribution in [1.82, 2.24) is 3.97 Å². The molecule has 1 heterocycles. The lowest BCUT2D eigenvalue weighted by Gasteiger charge is -2.10. The number of aliphatic hydroxyl groups excluding tert-OH is 1. The molecule has 80 valence electrons. The Morgan fingerprint density at radius 2 is 2.00 bits per heavy atom. The summed E-state index contributed by atoms with van der Waals surface area (Å²) in [5, 5.41) is 8.58. The lowest BCUT2D eigenvalue weighted by Crippen LogP contribution is -2.30. The number of aliphatic hydroxyl groups is 1. The van der Waals surface area contributed by atoms with E-state index in [1.54, 1.807) is 0 Å². The number of aromatic nitrogens is 1. The molecule has 0 bridgehead atoms. The van der Waals surface area contributed by atoms with E-state index in [0.29, 0.717) is 0 Å². The molecule has 0 unspecified atom stereocenters. The van der Waals surface area contributed by atoms with Gasteiger partial charge in [-0.1, -0.05) is 0 Å². The molecule has 1 N–H and O–H groups in total. The average Bonchev–Trinajstić information content (AvgIpc) is 2.49. The van der Waals surface area contributed by atoms with E-state index in [4.69, 9.17) is 5.11 Å². The summed E-state index contributed by atoms with van der Waals surface area (Å²) in [7, 11) is -5.42. The Morgan fingerprint density at radius 1 is 1.43 bits per heavy atom. The molecule has 0 saturated carbocycles. The van der Waals surface area contributed by atoms with Crippen molar-refractivity contribution in [3.8, 4) is 0 Å². The van der Waals surface area contributed by atoms with Crippen LogP contribution in [0.4, 0.5) is 13.2 Å². The molecule has 0 aliphatic heterocycles. The Labute approximate surface area is 77.6 Å². The van der Waals surface area contributed by atoms with Crippen LogP contribution in [0.25, 0.3) is 0 Å². The minimum absolute atomic E-state index is 0.00694. The second kappa shape index (κ2) is 3.28. The molecule has 1 rings (SSSR count). The van der Waals surface area contributed by atoms with Crippen molar-refractivity contribution < 1.29 is 26.7 Å². The van der Waals surface area contributed by atoms with Crippen molar-refractivity contribution >= 4 is 10.0 Å². The highest BCUT2D eigenvalue weighted by Gasteiger charge is 2.47. The summed E-state index contributed by atoms with van der Waals surface area (Å²) in [5.74, 6) is 0. The maximum atomic E-state index is 12.0. The number of alkyl halides is 3. The van der Waals surface area contributed by atoms with Crippen molar-refractivity contribution in [3.05, 3.63) is 24.0 Å². The van der Waals surface area contributed by atoms with Gasteiger partial charge in [0.05, 0.1) is 12.3 Å². The van der Waals surface area contributed by atoms with Gasteiger partial charge in [0.1, 0.15) is 0 Å². The second-order valence-corrected chi connectivity index (χ2v) is 4.21. The third-order valence-electron chi connectivity index (χ3n) is 1.51. The van der Waals surface area contributed by atoms with Gasteiger partial charge in [-0.15, -0.1) is 0 Å². The Bertz CT molecular complexity index is 420. The Kier molecular flexibility index (Phi) is 2.59. The topological polar surface area (TPSA) is 59.3 Å². The van der Waals surface area contributed by atoms with E-state index < -0.39 is 22.1 Å². The van der Waals surface area contributed by atoms with Gasteiger partial charge in [-0.3, -0.25) is 0 Å². The normalized spacial score (nSPS) is 13.1. The Hall–Kier alpha value is -1.02. The van der Waals surface area contributed by atoms with Crippen LogP contribution in [0.2, 0.25) is 0 Å². The number of hydrogen-bond donors (Lipinski definition) is 1. The van der Waals surface area contributed by atoms with Crippen molar-refractivity contribution in [2.45, 2.75) is 12.1 Å². The van der Waals surface area contributed by atoms with Crippen LogP contribution >= 0.6 is 0 Å². The van der Waals surface area contributed by atoms with E-state index in [2.05, 4.69) is 0 Å². The molecule has 4 nitrogen and oxygen atoms in total. The molecule has 0 aliphatic rings. The SMILES string of the molecule is O=S(=O)(n1cccc1CO)C(F)(F)F. The van der Waals surface area contributed by atoms with Crippen LogP contribution in [0.1, 0.15) is 5.69 Å². The molecule has 0 spiro atoms. The van der Waals surface area contributed by atoms with E-state index in [-0.39, 0.29) is 9.67 Å². The first-order chi connectivity index (χ1) is 6.30. The molecule has 0 amide bonds. The van der Waals surface area contributed by atoms with Crippen LogP contribution in [0.3, 0.4) is 0 Å². The molecule has 1 aromatic rings. The second-order valence-electron chi connectivity index (χ2n) is 2.40. The minimum atomic E-state index is -5.42. The summed E-state index contributed by atoms with van der Waals surface area (Å²) in [6.07, 6.45) is 0.731. The number of halogens is 3. The fourth-order valence-electron chi connectivity index (χ4n) is 0.870. The van der Waals surface area contributed by atoms with Crippen molar-refractivity contribution in [3.63, 3.8) is 0 Å². The largest absolute Gasteiger partial charge is 0.517 e. The summed E-state index contributed by atoms with van der Waals surface area (Å²) in [6, 6.07) is 2.19. The van der Waals surface area contributed by atoms with Gasteiger partial charge < -0.3 is 5.11 Å². The van der Waals surface area contributed by atoms with Crippen molar-refractivity contribution in [2.75, 3.05) is 0 Å². The summed E-state index contributed by atoms with van der Waals surface area (Å²) in [6.45, 7) is -0.775. The van der Waals surface area contributed by atoms with E-state index in [1.807, 2.05) is 0 Å². The van der Waals surface area contributed by atoms with Gasteiger partial charge in [-0.2, -0.15) is 21.6 Å². The molecule has 0 saturated heterocycles. The van der Waals surface area contributed by atoms with Crippen LogP contribution in [-0.4, -0.2) is 23.0 Å². The van der Waals surface area contributed by atoms with Crippen molar-refractivity contribution in [1.29, 1.82) is 0 Å². The smallest absolute Gasteiger partial charge is 0.390 e. The average molecular weight is 229 g/mol. The first-order valence-corrected chi connectivity index (χ1v) is 4.83. The Morgan fingerprint density at radius 3 is 2.43 bits per heavy atom. The molecular formula is C6H6F3NO3S. The van der Waals surface area contributed by atoms with Crippen LogP contribution in [0.15, 0.2) is 18.3 Å². The Balaban J connectivity index is 3.31. The minimum Gasteiger partial charge on any atom is -0.390 e. The van der Waals surface area contributed by atoms with Crippen molar-refractivity contribution in [2.24, 2.45) is 0 Å². The van der Waals surface area contributed by atoms with Gasteiger partial charge in [0, 0.05) is 6.20 Å². The molecule has 8 heteroatoms. The van der Waals surface area contributed by atoms with Gasteiger partial charge in [-0.25, -0.2) is 3.97 Å². The van der Waals surface area contributed by atoms with Gasteiger partial charge in [0.2, 0.25) is 0 Å². The zero-order valence-electron chi connectivity index (χ0n) is 6.69. The van der Waals surface area contributed by atoms with Gasteiger partial charge >= 0.3 is 15.5 Å². The molecule has 0 aliphatic carbocycles. The standard InChI is InChI=1S/C6H6F3NO3S/c7-6(8,9)14(12,13)10-3-1-2-5(10)4-11/h1-3,11H,4H2. The summed E-state index contributed by atoms with van der Waals surface area (Å²) < 4.78 is 57.7. The van der Waals surface area contributed by atoms with Gasteiger partial charge in [-0.05, 0) is 12.1 Å². The lowest BCUT2D eigenvalue weighted by atomic mass is 10.5. The fourth-order valence-corrected chi connectivity index (χ4v) is 1.75. The molecule has 0 fully saturated rings. The third kappa shape index (κ3) is 1.62. The summed E-state index contributed by atoms with van der Waals surface area (Å²) in [5.41, 5.74) is -5.70. The maximum absolute atomic E-state index is 12.0. The van der Waals surface area contributed by atoms with Crippen LogP contribution in [-0.2, 0) is 16.6 Å². The third-order valence-corrected chi connectivity index (χ3v) is 2.97. The van der Waals surface area contributed by atoms with E-state index in [0.717, 1.165) is 18.3 Å². The first-order valence-electron chi connectivity index (χ1n) is 3.39. The molecule has 1 aromatic heterocycles. The molecule has 0 aromatic carbocycles. The number of hydrogen-bond acceptors (Lipinski definition) is 3. The van der Waals surface area contributed by atoms with Crippen LogP contribution in [0, 0.1) is 0 Å². The molecule has 0 atom stereocenters. The maximum Gasteiger partial charge on any atom is 0.517 e. The highest BCUT2D eigenvalue weighted by atomic mass is 32.2. The zero-order chi connectivity index (χ0) is 11.0. The molecule has 14 heavy (non-hydrogen) atoms. The highest BCUT2D eigenvalue weighted by molar-refractivity contribution is 7.90. The summed E-state index contributed by atoms with van der Waals surface area (Å²) in [4.78, 5) is 0. The quantitative estimate of drug-likeness (QED) is 0.811. The van der Waals surface area contributed by atoms with Gasteiger partial charge in [0.15, 0.2) is 0 Å². The number of nitrogens with zero attached hydrogens (tertiary/aromatic N) is 1. The van der Waals surface area contributed by atoms with Gasteiger partial charge in [0.25, 0.3) is 0 Å². The van der Waals surface area contributed by atoms with E-state index in [1.165, 1.54) is 0 Å². The fraction of sp³-hybridized carbons (Fsp3) is 0.333. The zero-order valence-corrected chi connectivity index (χ0v) is 7.51. The predicted molar refractivity (Wildman–Crippen MR) is 40.7 cm³/mol. The number of rotatable bonds is 2. The summed E-state index contributed by atoms with van der Waals surface area (Å²) >= 11 is 0. The van der Waals surface area contributed by atoms with E-state index >= 15 is 0 Å². The van der Waals surface area contributed by atoms with Crippen LogP contribution in [0.5, 0.6) is 0 Å². The molecular weight excluding hydrogens is 223 g/mol. The monoisotopic (exact) mass is 229 g/mol. The lowest BCUT2D eigenvalue weighted by molar-refractivity contribution is -0.0447. The molecule has 0 radical (unpaired) electrons. The predicted octanol–water partition coefficient (Wildman–Crippen LogP) is 0.678. The highest BCUT2D eigenvalue weighted by Crippen LogP contribution is 2.26. The van der Waals surface area contributed by atoms with Crippen LogP contribution < -0.4 is 0 Å². The first kappa shape index (κ1) is 11.1. The van der Waals surface area contributed by atoms with E-state index in [9.17, 15) is 21.6 Å².